The van der Waals surface area contributed by atoms with Crippen molar-refractivity contribution < 1.29 is 13.2 Å². The van der Waals surface area contributed by atoms with Crippen LogP contribution in [-0.4, -0.2) is 37.2 Å². The summed E-state index contributed by atoms with van der Waals surface area (Å²) in [4.78, 5) is 16.7. The Hall–Kier alpha value is -2.19. The SMILES string of the molecule is Cc1ccc(S(=O)(=O)N(C)CC(=O)Nc2ccc(Cl)c(Cl)c2)c2cccnc12. The smallest absolute Gasteiger partial charge is 0.243 e. The van der Waals surface area contributed by atoms with Gasteiger partial charge >= 0.3 is 0 Å². The van der Waals surface area contributed by atoms with Crippen LogP contribution < -0.4 is 5.32 Å². The summed E-state index contributed by atoms with van der Waals surface area (Å²) in [6.07, 6.45) is 1.61. The lowest BCUT2D eigenvalue weighted by Crippen LogP contribution is -2.35. The molecule has 0 radical (unpaired) electrons. The van der Waals surface area contributed by atoms with Gasteiger partial charge < -0.3 is 5.32 Å². The van der Waals surface area contributed by atoms with E-state index in [0.29, 0.717) is 26.6 Å². The second-order valence-electron chi connectivity index (χ2n) is 6.22. The number of likely N-dealkylation sites (N-methyl/N-ethyl adjacent to an activating group) is 1. The first-order valence-corrected chi connectivity index (χ1v) is 10.5. The first-order valence-electron chi connectivity index (χ1n) is 8.25. The molecule has 0 fully saturated rings. The zero-order valence-corrected chi connectivity index (χ0v) is 17.4. The Kier molecular flexibility index (Phi) is 5.90. The zero-order chi connectivity index (χ0) is 20.5. The number of carbonyl (C=O) groups is 1. The number of sulfonamides is 1. The number of aromatic nitrogens is 1. The number of anilines is 1. The Balaban J connectivity index is 1.83. The van der Waals surface area contributed by atoms with Gasteiger partial charge in [-0.05, 0) is 48.9 Å². The molecule has 1 aromatic heterocycles. The van der Waals surface area contributed by atoms with Crippen LogP contribution in [0.4, 0.5) is 5.69 Å². The number of nitrogens with one attached hydrogen (secondary N) is 1. The first kappa shape index (κ1) is 20.5. The van der Waals surface area contributed by atoms with E-state index in [1.165, 1.54) is 19.2 Å². The molecule has 0 atom stereocenters. The third-order valence-electron chi connectivity index (χ3n) is 4.19. The molecule has 9 heteroatoms. The van der Waals surface area contributed by atoms with Crippen molar-refractivity contribution >= 4 is 55.7 Å². The summed E-state index contributed by atoms with van der Waals surface area (Å²) in [5.41, 5.74) is 1.90. The van der Waals surface area contributed by atoms with Crippen LogP contribution in [0.2, 0.25) is 10.0 Å². The summed E-state index contributed by atoms with van der Waals surface area (Å²) < 4.78 is 27.0. The molecule has 0 saturated heterocycles. The number of hydrogen-bond acceptors (Lipinski definition) is 4. The third kappa shape index (κ3) is 4.12. The van der Waals surface area contributed by atoms with Crippen LogP contribution in [0.15, 0.2) is 53.6 Å². The van der Waals surface area contributed by atoms with Crippen LogP contribution in [-0.2, 0) is 14.8 Å². The number of aryl methyl sites for hydroxylation is 1. The molecule has 0 bridgehead atoms. The Labute approximate surface area is 173 Å². The van der Waals surface area contributed by atoms with E-state index in [1.807, 2.05) is 6.92 Å². The van der Waals surface area contributed by atoms with E-state index in [9.17, 15) is 13.2 Å². The summed E-state index contributed by atoms with van der Waals surface area (Å²) in [6.45, 7) is 1.50. The van der Waals surface area contributed by atoms with Gasteiger partial charge in [0, 0.05) is 24.3 Å². The molecule has 0 spiro atoms. The van der Waals surface area contributed by atoms with Gasteiger partial charge in [-0.15, -0.1) is 0 Å². The van der Waals surface area contributed by atoms with Crippen LogP contribution in [0.1, 0.15) is 5.56 Å². The molecule has 1 N–H and O–H groups in total. The molecule has 1 heterocycles. The van der Waals surface area contributed by atoms with Gasteiger partial charge in [0.1, 0.15) is 0 Å². The molecule has 3 aromatic rings. The molecule has 6 nitrogen and oxygen atoms in total. The maximum atomic E-state index is 13.0. The fourth-order valence-electron chi connectivity index (χ4n) is 2.74. The van der Waals surface area contributed by atoms with E-state index in [1.54, 1.807) is 36.5 Å². The predicted molar refractivity (Wildman–Crippen MR) is 111 cm³/mol. The second-order valence-corrected chi connectivity index (χ2v) is 9.05. The van der Waals surface area contributed by atoms with Crippen molar-refractivity contribution in [3.8, 4) is 0 Å². The molecule has 2 aromatic carbocycles. The van der Waals surface area contributed by atoms with Crippen molar-refractivity contribution in [2.75, 3.05) is 18.9 Å². The predicted octanol–water partition coefficient (Wildman–Crippen LogP) is 4.11. The van der Waals surface area contributed by atoms with Gasteiger partial charge in [-0.1, -0.05) is 29.3 Å². The molecule has 0 aliphatic rings. The highest BCUT2D eigenvalue weighted by molar-refractivity contribution is 7.89. The normalized spacial score (nSPS) is 11.8. The summed E-state index contributed by atoms with van der Waals surface area (Å²) in [5, 5.41) is 3.77. The summed E-state index contributed by atoms with van der Waals surface area (Å²) in [6, 6.07) is 11.2. The van der Waals surface area contributed by atoms with Gasteiger partial charge in [-0.3, -0.25) is 9.78 Å². The van der Waals surface area contributed by atoms with E-state index in [0.717, 1.165) is 9.87 Å². The standard InChI is InChI=1S/C19H17Cl2N3O3S/c1-12-5-8-17(14-4-3-9-22-19(12)14)28(26,27)24(2)11-18(25)23-13-6-7-15(20)16(21)10-13/h3-10H,11H2,1-2H3,(H,23,25). The highest BCUT2D eigenvalue weighted by Gasteiger charge is 2.25. The van der Waals surface area contributed by atoms with Gasteiger partial charge in [0.15, 0.2) is 0 Å². The molecule has 0 aliphatic heterocycles. The van der Waals surface area contributed by atoms with Gasteiger partial charge in [0.2, 0.25) is 15.9 Å². The van der Waals surface area contributed by atoms with Gasteiger partial charge in [-0.25, -0.2) is 8.42 Å². The number of pyridine rings is 1. The number of nitrogens with zero attached hydrogens (tertiary/aromatic N) is 2. The van der Waals surface area contributed by atoms with E-state index < -0.39 is 15.9 Å². The Morgan fingerprint density at radius 3 is 2.61 bits per heavy atom. The Morgan fingerprint density at radius 2 is 1.89 bits per heavy atom. The zero-order valence-electron chi connectivity index (χ0n) is 15.1. The van der Waals surface area contributed by atoms with Crippen LogP contribution in [0.3, 0.4) is 0 Å². The third-order valence-corrected chi connectivity index (χ3v) is 6.79. The summed E-state index contributed by atoms with van der Waals surface area (Å²) in [5.74, 6) is -0.501. The van der Waals surface area contributed by atoms with Crippen LogP contribution in [0.5, 0.6) is 0 Å². The topological polar surface area (TPSA) is 79.4 Å². The number of halogens is 2. The van der Waals surface area contributed by atoms with E-state index in [4.69, 9.17) is 23.2 Å². The average molecular weight is 438 g/mol. The molecule has 0 saturated carbocycles. The highest BCUT2D eigenvalue weighted by Crippen LogP contribution is 2.27. The van der Waals surface area contributed by atoms with Gasteiger partial charge in [0.25, 0.3) is 0 Å². The summed E-state index contributed by atoms with van der Waals surface area (Å²) in [7, 11) is -2.55. The minimum Gasteiger partial charge on any atom is -0.325 e. The molecule has 28 heavy (non-hydrogen) atoms. The molecule has 146 valence electrons. The first-order chi connectivity index (χ1) is 13.2. The number of amides is 1. The number of hydrogen-bond donors (Lipinski definition) is 1. The van der Waals surface area contributed by atoms with Crippen molar-refractivity contribution in [3.05, 3.63) is 64.3 Å². The Bertz CT molecular complexity index is 1170. The fourth-order valence-corrected chi connectivity index (χ4v) is 4.35. The minimum absolute atomic E-state index is 0.103. The highest BCUT2D eigenvalue weighted by atomic mass is 35.5. The maximum absolute atomic E-state index is 13.0. The van der Waals surface area contributed by atoms with Crippen molar-refractivity contribution in [3.63, 3.8) is 0 Å². The molecular formula is C19H17Cl2N3O3S. The van der Waals surface area contributed by atoms with Crippen molar-refractivity contribution in [1.82, 2.24) is 9.29 Å². The Morgan fingerprint density at radius 1 is 1.14 bits per heavy atom. The largest absolute Gasteiger partial charge is 0.325 e. The molecule has 1 amide bonds. The number of carbonyl (C=O) groups excluding carboxylic acids is 1. The molecule has 3 rings (SSSR count). The van der Waals surface area contributed by atoms with Crippen molar-refractivity contribution in [1.29, 1.82) is 0 Å². The lowest BCUT2D eigenvalue weighted by atomic mass is 10.1. The lowest BCUT2D eigenvalue weighted by molar-refractivity contribution is -0.116. The van der Waals surface area contributed by atoms with Crippen LogP contribution in [0.25, 0.3) is 10.9 Å². The average Bonchev–Trinajstić information content (AvgIpc) is 2.65. The maximum Gasteiger partial charge on any atom is 0.243 e. The minimum atomic E-state index is -3.90. The number of rotatable bonds is 5. The van der Waals surface area contributed by atoms with Gasteiger partial charge in [0.05, 0.1) is 27.0 Å². The molecule has 0 unspecified atom stereocenters. The van der Waals surface area contributed by atoms with E-state index >= 15 is 0 Å². The van der Waals surface area contributed by atoms with Crippen molar-refractivity contribution in [2.45, 2.75) is 11.8 Å². The quantitative estimate of drug-likeness (QED) is 0.650. The fraction of sp³-hybridized carbons (Fsp3) is 0.158. The number of benzene rings is 2. The monoisotopic (exact) mass is 437 g/mol. The molecular weight excluding hydrogens is 421 g/mol. The number of fused-ring (bicyclic) bond motifs is 1. The van der Waals surface area contributed by atoms with Gasteiger partial charge in [-0.2, -0.15) is 4.31 Å². The molecule has 0 aliphatic carbocycles. The van der Waals surface area contributed by atoms with Crippen LogP contribution >= 0.6 is 23.2 Å². The van der Waals surface area contributed by atoms with Crippen molar-refractivity contribution in [2.24, 2.45) is 0 Å². The summed E-state index contributed by atoms with van der Waals surface area (Å²) >= 11 is 11.8. The van der Waals surface area contributed by atoms with Crippen LogP contribution in [0, 0.1) is 6.92 Å². The van der Waals surface area contributed by atoms with E-state index in [2.05, 4.69) is 10.3 Å². The lowest BCUT2D eigenvalue weighted by Gasteiger charge is -2.18. The van der Waals surface area contributed by atoms with E-state index in [-0.39, 0.29) is 11.4 Å². The second kappa shape index (κ2) is 8.05.